The van der Waals surface area contributed by atoms with E-state index in [4.69, 9.17) is 0 Å². The van der Waals surface area contributed by atoms with Crippen LogP contribution in [-0.4, -0.2) is 37.6 Å². The van der Waals surface area contributed by atoms with Crippen LogP contribution in [0.25, 0.3) is 0 Å². The van der Waals surface area contributed by atoms with E-state index in [1.165, 1.54) is 32.5 Å². The first-order chi connectivity index (χ1) is 6.61. The number of piperidine rings is 1. The van der Waals surface area contributed by atoms with E-state index in [0.29, 0.717) is 6.04 Å². The first kappa shape index (κ1) is 12.0. The molecule has 3 atom stereocenters. The van der Waals surface area contributed by atoms with Gasteiger partial charge in [0.15, 0.2) is 0 Å². The number of likely N-dealkylation sites (tertiary alicyclic amines) is 1. The Kier molecular flexibility index (Phi) is 4.90. The fourth-order valence-corrected chi connectivity index (χ4v) is 2.50. The molecule has 0 aromatic carbocycles. The maximum absolute atomic E-state index is 3.30. The zero-order chi connectivity index (χ0) is 10.6. The zero-order valence-corrected chi connectivity index (χ0v) is 10.2. The molecule has 2 nitrogen and oxygen atoms in total. The fraction of sp³-hybridized carbons (Fsp3) is 1.00. The van der Waals surface area contributed by atoms with Crippen molar-refractivity contribution in [3.8, 4) is 0 Å². The molecule has 14 heavy (non-hydrogen) atoms. The topological polar surface area (TPSA) is 15.3 Å². The lowest BCUT2D eigenvalue weighted by Gasteiger charge is -2.35. The zero-order valence-electron chi connectivity index (χ0n) is 10.2. The Morgan fingerprint density at radius 3 is 2.36 bits per heavy atom. The van der Waals surface area contributed by atoms with Crippen molar-refractivity contribution in [1.29, 1.82) is 0 Å². The molecule has 0 saturated carbocycles. The lowest BCUT2D eigenvalue weighted by atomic mass is 9.92. The van der Waals surface area contributed by atoms with Crippen molar-refractivity contribution < 1.29 is 0 Å². The van der Waals surface area contributed by atoms with E-state index in [1.807, 2.05) is 7.05 Å². The standard InChI is InChI=1S/C12H26N2/c1-10-7-11(2)9-14(8-10)6-5-12(3)13-4/h10-13H,5-9H2,1-4H3. The van der Waals surface area contributed by atoms with Crippen molar-refractivity contribution >= 4 is 0 Å². The third-order valence-corrected chi connectivity index (χ3v) is 3.32. The Hall–Kier alpha value is -0.0800. The highest BCUT2D eigenvalue weighted by Crippen LogP contribution is 2.20. The Bertz CT molecular complexity index is 148. The molecular weight excluding hydrogens is 172 g/mol. The van der Waals surface area contributed by atoms with Gasteiger partial charge >= 0.3 is 0 Å². The minimum absolute atomic E-state index is 0.655. The summed E-state index contributed by atoms with van der Waals surface area (Å²) >= 11 is 0. The second kappa shape index (κ2) is 5.72. The van der Waals surface area contributed by atoms with Crippen LogP contribution in [0.3, 0.4) is 0 Å². The largest absolute Gasteiger partial charge is 0.317 e. The lowest BCUT2D eigenvalue weighted by molar-refractivity contribution is 0.136. The van der Waals surface area contributed by atoms with Gasteiger partial charge in [-0.15, -0.1) is 0 Å². The predicted molar refractivity (Wildman–Crippen MR) is 62.5 cm³/mol. The first-order valence-corrected chi connectivity index (χ1v) is 6.01. The van der Waals surface area contributed by atoms with Crippen LogP contribution >= 0.6 is 0 Å². The number of hydrogen-bond donors (Lipinski definition) is 1. The molecule has 0 amide bonds. The highest BCUT2D eigenvalue weighted by atomic mass is 15.1. The van der Waals surface area contributed by atoms with Crippen molar-refractivity contribution in [2.24, 2.45) is 11.8 Å². The maximum atomic E-state index is 3.30. The van der Waals surface area contributed by atoms with Crippen molar-refractivity contribution in [2.75, 3.05) is 26.7 Å². The van der Waals surface area contributed by atoms with E-state index in [1.54, 1.807) is 0 Å². The second-order valence-corrected chi connectivity index (χ2v) is 5.18. The van der Waals surface area contributed by atoms with Gasteiger partial charge in [0, 0.05) is 19.1 Å². The Labute approximate surface area is 89.1 Å². The molecule has 0 aromatic heterocycles. The van der Waals surface area contributed by atoms with E-state index < -0.39 is 0 Å². The molecule has 0 radical (unpaired) electrons. The Morgan fingerprint density at radius 2 is 1.86 bits per heavy atom. The van der Waals surface area contributed by atoms with Crippen molar-refractivity contribution in [3.63, 3.8) is 0 Å². The number of nitrogens with one attached hydrogen (secondary N) is 1. The van der Waals surface area contributed by atoms with Crippen LogP contribution < -0.4 is 5.32 Å². The van der Waals surface area contributed by atoms with E-state index in [2.05, 4.69) is 31.0 Å². The van der Waals surface area contributed by atoms with Gasteiger partial charge in [-0.2, -0.15) is 0 Å². The van der Waals surface area contributed by atoms with Gasteiger partial charge in [-0.3, -0.25) is 0 Å². The molecule has 3 unspecified atom stereocenters. The molecule has 0 aromatic rings. The van der Waals surface area contributed by atoms with E-state index in [0.717, 1.165) is 11.8 Å². The molecule has 1 heterocycles. The van der Waals surface area contributed by atoms with Gasteiger partial charge in [0.05, 0.1) is 0 Å². The maximum Gasteiger partial charge on any atom is 0.00479 e. The van der Waals surface area contributed by atoms with Gasteiger partial charge in [0.2, 0.25) is 0 Å². The Morgan fingerprint density at radius 1 is 1.29 bits per heavy atom. The third kappa shape index (κ3) is 3.97. The van der Waals surface area contributed by atoms with Gasteiger partial charge < -0.3 is 10.2 Å². The summed E-state index contributed by atoms with van der Waals surface area (Å²) in [6, 6.07) is 0.655. The fourth-order valence-electron chi connectivity index (χ4n) is 2.50. The lowest BCUT2D eigenvalue weighted by Crippen LogP contribution is -2.40. The minimum atomic E-state index is 0.655. The van der Waals surface area contributed by atoms with Gasteiger partial charge in [-0.25, -0.2) is 0 Å². The molecule has 1 rings (SSSR count). The smallest absolute Gasteiger partial charge is 0.00479 e. The summed E-state index contributed by atoms with van der Waals surface area (Å²) in [4.78, 5) is 2.63. The van der Waals surface area contributed by atoms with Crippen LogP contribution in [0.1, 0.15) is 33.6 Å². The highest BCUT2D eigenvalue weighted by molar-refractivity contribution is 4.75. The quantitative estimate of drug-likeness (QED) is 0.743. The van der Waals surface area contributed by atoms with Gasteiger partial charge in [0.1, 0.15) is 0 Å². The van der Waals surface area contributed by atoms with Crippen LogP contribution in [-0.2, 0) is 0 Å². The van der Waals surface area contributed by atoms with Crippen molar-refractivity contribution in [3.05, 3.63) is 0 Å². The van der Waals surface area contributed by atoms with Crippen LogP contribution in [0.15, 0.2) is 0 Å². The molecular formula is C12H26N2. The second-order valence-electron chi connectivity index (χ2n) is 5.18. The van der Waals surface area contributed by atoms with Gasteiger partial charge in [-0.1, -0.05) is 13.8 Å². The molecule has 0 bridgehead atoms. The van der Waals surface area contributed by atoms with E-state index >= 15 is 0 Å². The van der Waals surface area contributed by atoms with Gasteiger partial charge in [0.25, 0.3) is 0 Å². The molecule has 1 N–H and O–H groups in total. The monoisotopic (exact) mass is 198 g/mol. The predicted octanol–water partition coefficient (Wildman–Crippen LogP) is 1.96. The first-order valence-electron chi connectivity index (χ1n) is 6.01. The van der Waals surface area contributed by atoms with Crippen molar-refractivity contribution in [1.82, 2.24) is 10.2 Å². The summed E-state index contributed by atoms with van der Waals surface area (Å²) in [5.41, 5.74) is 0. The molecule has 1 saturated heterocycles. The summed E-state index contributed by atoms with van der Waals surface area (Å²) in [7, 11) is 2.05. The third-order valence-electron chi connectivity index (χ3n) is 3.32. The summed E-state index contributed by atoms with van der Waals surface area (Å²) < 4.78 is 0. The highest BCUT2D eigenvalue weighted by Gasteiger charge is 2.21. The SMILES string of the molecule is CNC(C)CCN1CC(C)CC(C)C1. The van der Waals surface area contributed by atoms with Crippen LogP contribution in [0.5, 0.6) is 0 Å². The summed E-state index contributed by atoms with van der Waals surface area (Å²) in [5, 5.41) is 3.30. The number of hydrogen-bond acceptors (Lipinski definition) is 2. The number of rotatable bonds is 4. The molecule has 2 heteroatoms. The van der Waals surface area contributed by atoms with Crippen LogP contribution in [0.4, 0.5) is 0 Å². The van der Waals surface area contributed by atoms with E-state index in [9.17, 15) is 0 Å². The van der Waals surface area contributed by atoms with Gasteiger partial charge in [-0.05, 0) is 45.2 Å². The van der Waals surface area contributed by atoms with Crippen LogP contribution in [0.2, 0.25) is 0 Å². The summed E-state index contributed by atoms with van der Waals surface area (Å²) in [6.07, 6.45) is 2.69. The molecule has 0 aliphatic carbocycles. The van der Waals surface area contributed by atoms with E-state index in [-0.39, 0.29) is 0 Å². The molecule has 0 spiro atoms. The average molecular weight is 198 g/mol. The Balaban J connectivity index is 2.23. The number of nitrogens with zero attached hydrogens (tertiary/aromatic N) is 1. The normalized spacial score (nSPS) is 31.7. The molecule has 1 aliphatic rings. The average Bonchev–Trinajstić information content (AvgIpc) is 2.12. The van der Waals surface area contributed by atoms with Crippen molar-refractivity contribution in [2.45, 2.75) is 39.7 Å². The summed E-state index contributed by atoms with van der Waals surface area (Å²) in [5.74, 6) is 1.78. The minimum Gasteiger partial charge on any atom is -0.317 e. The molecule has 1 aliphatic heterocycles. The van der Waals surface area contributed by atoms with Crippen LogP contribution in [0, 0.1) is 11.8 Å². The molecule has 1 fully saturated rings. The summed E-state index contributed by atoms with van der Waals surface area (Å²) in [6.45, 7) is 10.9. The molecule has 84 valence electrons.